The monoisotopic (exact) mass is 387 g/mol. The number of aryl methyl sites for hydroxylation is 1. The molecule has 2 rings (SSSR count). The van der Waals surface area contributed by atoms with Gasteiger partial charge in [-0.15, -0.1) is 24.0 Å². The molecule has 0 fully saturated rings. The summed E-state index contributed by atoms with van der Waals surface area (Å²) >= 11 is 0. The molecule has 3 nitrogen and oxygen atoms in total. The third-order valence-corrected chi connectivity index (χ3v) is 3.65. The van der Waals surface area contributed by atoms with Gasteiger partial charge in [0.25, 0.3) is 0 Å². The van der Waals surface area contributed by atoms with Crippen LogP contribution in [0.25, 0.3) is 0 Å². The van der Waals surface area contributed by atoms with Crippen molar-refractivity contribution in [1.29, 1.82) is 0 Å². The second-order valence-electron chi connectivity index (χ2n) is 5.72. The molecule has 112 valence electrons. The normalized spacial score (nSPS) is 14.7. The number of nitrogens with two attached hydrogens (primary N) is 1. The first-order valence-corrected chi connectivity index (χ1v) is 7.34. The van der Waals surface area contributed by atoms with Crippen LogP contribution in [0.3, 0.4) is 0 Å². The van der Waals surface area contributed by atoms with Crippen molar-refractivity contribution >= 4 is 35.6 Å². The minimum atomic E-state index is 0. The van der Waals surface area contributed by atoms with Crippen molar-refractivity contribution in [3.8, 4) is 0 Å². The molecule has 0 bridgehead atoms. The maximum absolute atomic E-state index is 5.96. The lowest BCUT2D eigenvalue weighted by Crippen LogP contribution is -2.24. The van der Waals surface area contributed by atoms with Crippen LogP contribution in [-0.2, 0) is 12.8 Å². The van der Waals surface area contributed by atoms with Gasteiger partial charge in [-0.3, -0.25) is 4.99 Å². The van der Waals surface area contributed by atoms with Crippen LogP contribution in [0.5, 0.6) is 0 Å². The number of anilines is 1. The third-order valence-electron chi connectivity index (χ3n) is 3.65. The Kier molecular flexibility index (Phi) is 7.34. The molecule has 0 spiro atoms. The zero-order valence-electron chi connectivity index (χ0n) is 12.5. The summed E-state index contributed by atoms with van der Waals surface area (Å²) in [5, 5.41) is 3.27. The Balaban J connectivity index is 0.00000200. The molecule has 1 aliphatic rings. The Morgan fingerprint density at radius 1 is 1.30 bits per heavy atom. The number of hydrogen-bond donors (Lipinski definition) is 2. The number of nitrogens with zero attached hydrogens (tertiary/aromatic N) is 1. The van der Waals surface area contributed by atoms with E-state index in [4.69, 9.17) is 5.73 Å². The summed E-state index contributed by atoms with van der Waals surface area (Å²) in [7, 11) is 0. The molecule has 3 N–H and O–H groups in total. The molecule has 0 aromatic heterocycles. The van der Waals surface area contributed by atoms with E-state index in [1.54, 1.807) is 0 Å². The van der Waals surface area contributed by atoms with Crippen LogP contribution in [0.15, 0.2) is 23.2 Å². The lowest BCUT2D eigenvalue weighted by molar-refractivity contribution is 0.597. The Morgan fingerprint density at radius 2 is 2.05 bits per heavy atom. The van der Waals surface area contributed by atoms with Crippen LogP contribution in [-0.4, -0.2) is 12.5 Å². The first kappa shape index (κ1) is 17.3. The van der Waals surface area contributed by atoms with Gasteiger partial charge in [-0.1, -0.05) is 26.0 Å². The summed E-state index contributed by atoms with van der Waals surface area (Å²) in [4.78, 5) is 4.39. The maximum atomic E-state index is 5.96. The van der Waals surface area contributed by atoms with E-state index in [1.807, 2.05) is 0 Å². The number of benzene rings is 1. The number of guanidine groups is 1. The van der Waals surface area contributed by atoms with E-state index in [0.717, 1.165) is 25.1 Å². The first-order valence-electron chi connectivity index (χ1n) is 7.34. The number of nitrogens with one attached hydrogen (secondary N) is 1. The quantitative estimate of drug-likeness (QED) is 0.467. The Morgan fingerprint density at radius 3 is 2.80 bits per heavy atom. The molecule has 0 heterocycles. The van der Waals surface area contributed by atoms with Gasteiger partial charge in [0, 0.05) is 12.2 Å². The highest BCUT2D eigenvalue weighted by molar-refractivity contribution is 14.0. The van der Waals surface area contributed by atoms with Crippen LogP contribution >= 0.6 is 24.0 Å². The number of rotatable bonds is 4. The number of aliphatic imine (C=N–C) groups is 1. The number of halogens is 1. The summed E-state index contributed by atoms with van der Waals surface area (Å²) in [6.45, 7) is 5.20. The second kappa shape index (κ2) is 8.49. The molecule has 1 aromatic carbocycles. The zero-order valence-corrected chi connectivity index (χ0v) is 14.8. The number of fused-ring (bicyclic) bond motifs is 1. The van der Waals surface area contributed by atoms with Crippen molar-refractivity contribution in [3.05, 3.63) is 29.3 Å². The molecule has 20 heavy (non-hydrogen) atoms. The van der Waals surface area contributed by atoms with E-state index in [1.165, 1.54) is 30.4 Å². The van der Waals surface area contributed by atoms with Crippen LogP contribution in [0.4, 0.5) is 5.69 Å². The van der Waals surface area contributed by atoms with Crippen LogP contribution in [0.2, 0.25) is 0 Å². The lowest BCUT2D eigenvalue weighted by Gasteiger charge is -2.19. The molecule has 0 amide bonds. The molecule has 0 radical (unpaired) electrons. The van der Waals surface area contributed by atoms with Crippen molar-refractivity contribution in [1.82, 2.24) is 0 Å². The Bertz CT molecular complexity index is 455. The molecule has 0 saturated heterocycles. The van der Waals surface area contributed by atoms with Gasteiger partial charge < -0.3 is 11.1 Å². The first-order chi connectivity index (χ1) is 9.16. The van der Waals surface area contributed by atoms with Gasteiger partial charge in [-0.05, 0) is 55.2 Å². The SMILES string of the molecule is CC(C)CCN=C(N)Nc1cccc2c1CCCC2.I. The second-order valence-corrected chi connectivity index (χ2v) is 5.72. The smallest absolute Gasteiger partial charge is 0.193 e. The highest BCUT2D eigenvalue weighted by atomic mass is 127. The minimum Gasteiger partial charge on any atom is -0.370 e. The number of hydrogen-bond acceptors (Lipinski definition) is 1. The third kappa shape index (κ3) is 4.96. The van der Waals surface area contributed by atoms with Crippen LogP contribution in [0, 0.1) is 5.92 Å². The fraction of sp³-hybridized carbons (Fsp3) is 0.562. The fourth-order valence-corrected chi connectivity index (χ4v) is 2.52. The van der Waals surface area contributed by atoms with E-state index >= 15 is 0 Å². The van der Waals surface area contributed by atoms with E-state index < -0.39 is 0 Å². The average Bonchev–Trinajstić information content (AvgIpc) is 2.39. The van der Waals surface area contributed by atoms with Gasteiger partial charge in [0.1, 0.15) is 0 Å². The Hall–Kier alpha value is -0.780. The van der Waals surface area contributed by atoms with Gasteiger partial charge in [-0.2, -0.15) is 0 Å². The van der Waals surface area contributed by atoms with E-state index in [0.29, 0.717) is 11.9 Å². The standard InChI is InChI=1S/C16H25N3.HI/c1-12(2)10-11-18-16(17)19-15-9-5-7-13-6-3-4-8-14(13)15;/h5,7,9,12H,3-4,6,8,10-11H2,1-2H3,(H3,17,18,19);1H. The minimum absolute atomic E-state index is 0. The van der Waals surface area contributed by atoms with Gasteiger partial charge in [0.15, 0.2) is 5.96 Å². The predicted octanol–water partition coefficient (Wildman–Crippen LogP) is 3.96. The molecule has 0 saturated carbocycles. The highest BCUT2D eigenvalue weighted by Gasteiger charge is 2.12. The van der Waals surface area contributed by atoms with Crippen molar-refractivity contribution in [2.45, 2.75) is 46.0 Å². The van der Waals surface area contributed by atoms with Gasteiger partial charge in [0.2, 0.25) is 0 Å². The molecule has 1 aromatic rings. The fourth-order valence-electron chi connectivity index (χ4n) is 2.52. The molecule has 0 aliphatic heterocycles. The Labute approximate surface area is 139 Å². The topological polar surface area (TPSA) is 50.4 Å². The molecular weight excluding hydrogens is 361 g/mol. The highest BCUT2D eigenvalue weighted by Crippen LogP contribution is 2.27. The summed E-state index contributed by atoms with van der Waals surface area (Å²) < 4.78 is 0. The summed E-state index contributed by atoms with van der Waals surface area (Å²) in [5.41, 5.74) is 10.00. The van der Waals surface area contributed by atoms with Gasteiger partial charge >= 0.3 is 0 Å². The van der Waals surface area contributed by atoms with E-state index in [-0.39, 0.29) is 24.0 Å². The average molecular weight is 387 g/mol. The lowest BCUT2D eigenvalue weighted by atomic mass is 9.90. The van der Waals surface area contributed by atoms with Gasteiger partial charge in [-0.25, -0.2) is 0 Å². The van der Waals surface area contributed by atoms with Crippen molar-refractivity contribution in [2.24, 2.45) is 16.6 Å². The van der Waals surface area contributed by atoms with E-state index in [9.17, 15) is 0 Å². The predicted molar refractivity (Wildman–Crippen MR) is 98.1 cm³/mol. The van der Waals surface area contributed by atoms with Crippen molar-refractivity contribution in [3.63, 3.8) is 0 Å². The molecule has 0 unspecified atom stereocenters. The summed E-state index contributed by atoms with van der Waals surface area (Å²) in [6, 6.07) is 6.44. The van der Waals surface area contributed by atoms with E-state index in [2.05, 4.69) is 42.4 Å². The van der Waals surface area contributed by atoms with Crippen LogP contribution in [0.1, 0.15) is 44.2 Å². The molecule has 0 atom stereocenters. The molecule has 4 heteroatoms. The summed E-state index contributed by atoms with van der Waals surface area (Å²) in [6.07, 6.45) is 5.99. The van der Waals surface area contributed by atoms with Crippen molar-refractivity contribution in [2.75, 3.05) is 11.9 Å². The largest absolute Gasteiger partial charge is 0.370 e. The molecular formula is C16H26IN3. The molecule has 1 aliphatic carbocycles. The van der Waals surface area contributed by atoms with Gasteiger partial charge in [0.05, 0.1) is 0 Å². The zero-order chi connectivity index (χ0) is 13.7. The van der Waals surface area contributed by atoms with Crippen molar-refractivity contribution < 1.29 is 0 Å². The maximum Gasteiger partial charge on any atom is 0.193 e. The summed E-state index contributed by atoms with van der Waals surface area (Å²) in [5.74, 6) is 1.21. The van der Waals surface area contributed by atoms with Crippen LogP contribution < -0.4 is 11.1 Å².